The minimum Gasteiger partial charge on any atom is -0.488 e. The zero-order chi connectivity index (χ0) is 33.7. The molecule has 0 fully saturated rings. The van der Waals surface area contributed by atoms with Crippen LogP contribution in [-0.2, 0) is 6.61 Å². The SMILES string of the molecule is c1ccc(-c2cccc(-c3nc(-c4ccc(-c5cccc6c5-c5ccccc5CO6)cc4)nc(-c4cccc5c4sc4ccccc45)n3)c2)cc1. The molecule has 240 valence electrons. The van der Waals surface area contributed by atoms with Gasteiger partial charge in [-0.1, -0.05) is 140 Å². The van der Waals surface area contributed by atoms with Gasteiger partial charge in [-0.3, -0.25) is 0 Å². The molecule has 0 radical (unpaired) electrons. The second-order valence-corrected chi connectivity index (χ2v) is 13.8. The van der Waals surface area contributed by atoms with Crippen LogP contribution in [0.15, 0.2) is 164 Å². The van der Waals surface area contributed by atoms with Crippen molar-refractivity contribution in [3.63, 3.8) is 0 Å². The van der Waals surface area contributed by atoms with Crippen LogP contribution in [0.1, 0.15) is 5.56 Å². The molecular weight excluding hydrogens is 643 g/mol. The van der Waals surface area contributed by atoms with Gasteiger partial charge in [0.2, 0.25) is 0 Å². The normalized spacial score (nSPS) is 12.0. The van der Waals surface area contributed by atoms with E-state index >= 15 is 0 Å². The van der Waals surface area contributed by atoms with Gasteiger partial charge >= 0.3 is 0 Å². The van der Waals surface area contributed by atoms with E-state index in [1.807, 2.05) is 6.07 Å². The van der Waals surface area contributed by atoms with E-state index in [0.29, 0.717) is 24.1 Å². The topological polar surface area (TPSA) is 47.9 Å². The highest BCUT2D eigenvalue weighted by atomic mass is 32.1. The number of nitrogens with zero attached hydrogens (tertiary/aromatic N) is 3. The van der Waals surface area contributed by atoms with Gasteiger partial charge in [-0.05, 0) is 57.6 Å². The maximum absolute atomic E-state index is 6.18. The second-order valence-electron chi connectivity index (χ2n) is 12.7. The molecule has 5 heteroatoms. The zero-order valence-electron chi connectivity index (χ0n) is 27.5. The standard InChI is InChI=1S/C46H29N3OS/c1-2-11-29(12-3-1)32-14-8-15-33(27-32)45-47-44(48-46(49-45)39-20-9-19-38-37-17-6-7-22-41(37)51-43(38)39)31-25-23-30(24-26-31)35-18-10-21-40-42(35)36-16-5-4-13-34(36)28-50-40/h1-27H,28H2. The van der Waals surface area contributed by atoms with E-state index in [9.17, 15) is 0 Å². The number of thiophene rings is 1. The Balaban J connectivity index is 1.12. The van der Waals surface area contributed by atoms with Crippen LogP contribution in [0.3, 0.4) is 0 Å². The van der Waals surface area contributed by atoms with Crippen molar-refractivity contribution in [3.8, 4) is 73.3 Å². The largest absolute Gasteiger partial charge is 0.488 e. The van der Waals surface area contributed by atoms with Crippen molar-refractivity contribution in [2.75, 3.05) is 0 Å². The van der Waals surface area contributed by atoms with Crippen molar-refractivity contribution in [2.45, 2.75) is 6.61 Å². The van der Waals surface area contributed by atoms with E-state index in [2.05, 4.69) is 158 Å². The molecule has 0 bridgehead atoms. The maximum Gasteiger partial charge on any atom is 0.165 e. The lowest BCUT2D eigenvalue weighted by atomic mass is 9.89. The lowest BCUT2D eigenvalue weighted by molar-refractivity contribution is 0.302. The molecule has 1 aliphatic rings. The van der Waals surface area contributed by atoms with Crippen molar-refractivity contribution in [1.82, 2.24) is 15.0 Å². The smallest absolute Gasteiger partial charge is 0.165 e. The number of ether oxygens (including phenoxy) is 1. The number of hydrogen-bond acceptors (Lipinski definition) is 5. The van der Waals surface area contributed by atoms with Crippen molar-refractivity contribution >= 4 is 31.5 Å². The Morgan fingerprint density at radius 1 is 0.431 bits per heavy atom. The molecule has 10 rings (SSSR count). The van der Waals surface area contributed by atoms with E-state index in [4.69, 9.17) is 19.7 Å². The van der Waals surface area contributed by atoms with Gasteiger partial charge in [0.05, 0.1) is 0 Å². The summed E-state index contributed by atoms with van der Waals surface area (Å²) in [5.41, 5.74) is 10.9. The highest BCUT2D eigenvalue weighted by Gasteiger charge is 2.21. The molecule has 7 aromatic carbocycles. The summed E-state index contributed by atoms with van der Waals surface area (Å²) in [5.74, 6) is 2.84. The minimum absolute atomic E-state index is 0.582. The highest BCUT2D eigenvalue weighted by Crippen LogP contribution is 2.44. The predicted molar refractivity (Wildman–Crippen MR) is 210 cm³/mol. The molecular formula is C46H29N3OS. The van der Waals surface area contributed by atoms with Gasteiger partial charge in [0.25, 0.3) is 0 Å². The molecule has 0 unspecified atom stereocenters. The van der Waals surface area contributed by atoms with E-state index in [1.165, 1.54) is 31.3 Å². The molecule has 0 spiro atoms. The predicted octanol–water partition coefficient (Wildman–Crippen LogP) is 12.1. The summed E-state index contributed by atoms with van der Waals surface area (Å²) < 4.78 is 8.60. The summed E-state index contributed by atoms with van der Waals surface area (Å²) in [6, 6.07) is 57.2. The fraction of sp³-hybridized carbons (Fsp3) is 0.0217. The van der Waals surface area contributed by atoms with Gasteiger partial charge in [-0.15, -0.1) is 11.3 Å². The average Bonchev–Trinajstić information content (AvgIpc) is 3.60. The Morgan fingerprint density at radius 2 is 1.06 bits per heavy atom. The first-order valence-electron chi connectivity index (χ1n) is 17.0. The average molecular weight is 672 g/mol. The van der Waals surface area contributed by atoms with Gasteiger partial charge in [0, 0.05) is 42.4 Å². The van der Waals surface area contributed by atoms with Gasteiger partial charge in [0.15, 0.2) is 17.5 Å². The Morgan fingerprint density at radius 3 is 1.96 bits per heavy atom. The molecule has 0 atom stereocenters. The summed E-state index contributed by atoms with van der Waals surface area (Å²) >= 11 is 1.78. The van der Waals surface area contributed by atoms with Crippen molar-refractivity contribution < 1.29 is 4.74 Å². The van der Waals surface area contributed by atoms with Crippen molar-refractivity contribution in [3.05, 3.63) is 169 Å². The number of benzene rings is 7. The second kappa shape index (κ2) is 12.2. The third-order valence-corrected chi connectivity index (χ3v) is 10.9. The molecule has 0 amide bonds. The highest BCUT2D eigenvalue weighted by molar-refractivity contribution is 7.26. The van der Waals surface area contributed by atoms with Crippen LogP contribution in [0.2, 0.25) is 0 Å². The third-order valence-electron chi connectivity index (χ3n) is 9.66. The first-order chi connectivity index (χ1) is 25.3. The number of aromatic nitrogens is 3. The molecule has 4 nitrogen and oxygen atoms in total. The fourth-order valence-corrected chi connectivity index (χ4v) is 8.37. The molecule has 9 aromatic rings. The van der Waals surface area contributed by atoms with E-state index in [0.717, 1.165) is 50.3 Å². The van der Waals surface area contributed by atoms with Crippen LogP contribution in [0.5, 0.6) is 5.75 Å². The van der Waals surface area contributed by atoms with Crippen LogP contribution in [0.4, 0.5) is 0 Å². The molecule has 0 saturated carbocycles. The molecule has 0 N–H and O–H groups in total. The Bertz CT molecular complexity index is 2750. The van der Waals surface area contributed by atoms with Crippen LogP contribution >= 0.6 is 11.3 Å². The van der Waals surface area contributed by atoms with Crippen LogP contribution in [0.25, 0.3) is 87.7 Å². The fourth-order valence-electron chi connectivity index (χ4n) is 7.16. The lowest BCUT2D eigenvalue weighted by Crippen LogP contribution is -2.06. The monoisotopic (exact) mass is 671 g/mol. The summed E-state index contributed by atoms with van der Waals surface area (Å²) in [5, 5.41) is 2.46. The summed E-state index contributed by atoms with van der Waals surface area (Å²) in [6.45, 7) is 0.582. The van der Waals surface area contributed by atoms with Crippen molar-refractivity contribution in [1.29, 1.82) is 0 Å². The summed E-state index contributed by atoms with van der Waals surface area (Å²) in [6.07, 6.45) is 0. The number of rotatable bonds is 5. The molecule has 0 saturated heterocycles. The number of fused-ring (bicyclic) bond motifs is 6. The van der Waals surface area contributed by atoms with Crippen molar-refractivity contribution in [2.24, 2.45) is 0 Å². The Labute approximate surface area is 299 Å². The summed E-state index contributed by atoms with van der Waals surface area (Å²) in [4.78, 5) is 15.4. The molecule has 2 aromatic heterocycles. The quantitative estimate of drug-likeness (QED) is 0.183. The molecule has 1 aliphatic heterocycles. The van der Waals surface area contributed by atoms with Crippen LogP contribution in [0, 0.1) is 0 Å². The Hall–Kier alpha value is -6.43. The maximum atomic E-state index is 6.18. The van der Waals surface area contributed by atoms with E-state index in [1.54, 1.807) is 11.3 Å². The summed E-state index contributed by atoms with van der Waals surface area (Å²) in [7, 11) is 0. The van der Waals surface area contributed by atoms with Gasteiger partial charge in [-0.2, -0.15) is 0 Å². The molecule has 51 heavy (non-hydrogen) atoms. The molecule has 0 aliphatic carbocycles. The van der Waals surface area contributed by atoms with Crippen LogP contribution in [-0.4, -0.2) is 15.0 Å². The van der Waals surface area contributed by atoms with E-state index < -0.39 is 0 Å². The van der Waals surface area contributed by atoms with Gasteiger partial charge in [0.1, 0.15) is 12.4 Å². The van der Waals surface area contributed by atoms with E-state index in [-0.39, 0.29) is 0 Å². The lowest BCUT2D eigenvalue weighted by Gasteiger charge is -2.23. The first-order valence-corrected chi connectivity index (χ1v) is 17.9. The first kappa shape index (κ1) is 29.5. The third kappa shape index (κ3) is 5.18. The number of hydrogen-bond donors (Lipinski definition) is 0. The zero-order valence-corrected chi connectivity index (χ0v) is 28.3. The molecule has 3 heterocycles. The minimum atomic E-state index is 0.582. The van der Waals surface area contributed by atoms with Crippen LogP contribution < -0.4 is 4.74 Å². The Kier molecular flexibility index (Phi) is 7.03. The van der Waals surface area contributed by atoms with Gasteiger partial charge < -0.3 is 4.74 Å². The van der Waals surface area contributed by atoms with Gasteiger partial charge in [-0.25, -0.2) is 15.0 Å².